The highest BCUT2D eigenvalue weighted by Gasteiger charge is 2.09. The molecule has 1 aromatic heterocycles. The van der Waals surface area contributed by atoms with Crippen molar-refractivity contribution in [1.29, 1.82) is 0 Å². The molecule has 0 spiro atoms. The number of anilines is 1. The standard InChI is InChI=1S/C11H12BrN3O.ClH/c1-2-16-10-4-3-7(12)5-8(10)9-6-11(13)15-14-9;/h3-6H,2H2,1H3,(H3,13,14,15);1H. The second kappa shape index (κ2) is 5.93. The van der Waals surface area contributed by atoms with E-state index in [4.69, 9.17) is 10.5 Å². The van der Waals surface area contributed by atoms with Gasteiger partial charge in [-0.1, -0.05) is 15.9 Å². The van der Waals surface area contributed by atoms with Crippen LogP contribution in [0.5, 0.6) is 5.75 Å². The summed E-state index contributed by atoms with van der Waals surface area (Å²) in [7, 11) is 0. The van der Waals surface area contributed by atoms with E-state index in [0.717, 1.165) is 21.5 Å². The van der Waals surface area contributed by atoms with Crippen molar-refractivity contribution in [2.24, 2.45) is 0 Å². The topological polar surface area (TPSA) is 63.9 Å². The minimum Gasteiger partial charge on any atom is -0.493 e. The van der Waals surface area contributed by atoms with Crippen LogP contribution in [0.3, 0.4) is 0 Å². The zero-order valence-corrected chi connectivity index (χ0v) is 11.6. The van der Waals surface area contributed by atoms with E-state index in [1.807, 2.05) is 25.1 Å². The summed E-state index contributed by atoms with van der Waals surface area (Å²) in [6.07, 6.45) is 0. The molecule has 0 saturated heterocycles. The molecule has 0 aliphatic carbocycles. The third-order valence-corrected chi connectivity index (χ3v) is 2.62. The van der Waals surface area contributed by atoms with Gasteiger partial charge in [-0.3, -0.25) is 5.10 Å². The van der Waals surface area contributed by atoms with E-state index in [1.165, 1.54) is 0 Å². The number of halogens is 2. The predicted octanol–water partition coefficient (Wildman–Crippen LogP) is 3.24. The second-order valence-corrected chi connectivity index (χ2v) is 4.20. The van der Waals surface area contributed by atoms with Crippen molar-refractivity contribution < 1.29 is 4.74 Å². The molecule has 0 aliphatic heterocycles. The van der Waals surface area contributed by atoms with Crippen LogP contribution in [0.15, 0.2) is 28.7 Å². The zero-order valence-electron chi connectivity index (χ0n) is 9.24. The third kappa shape index (κ3) is 3.14. The molecule has 0 amide bonds. The Morgan fingerprint density at radius 1 is 1.41 bits per heavy atom. The molecule has 0 saturated carbocycles. The van der Waals surface area contributed by atoms with Crippen LogP contribution in [-0.4, -0.2) is 16.8 Å². The van der Waals surface area contributed by atoms with Gasteiger partial charge < -0.3 is 10.5 Å². The van der Waals surface area contributed by atoms with E-state index in [2.05, 4.69) is 26.1 Å². The van der Waals surface area contributed by atoms with Gasteiger partial charge in [0.25, 0.3) is 0 Å². The lowest BCUT2D eigenvalue weighted by molar-refractivity contribution is 0.341. The molecule has 0 radical (unpaired) electrons. The van der Waals surface area contributed by atoms with E-state index in [9.17, 15) is 0 Å². The van der Waals surface area contributed by atoms with Crippen LogP contribution in [0.2, 0.25) is 0 Å². The fraction of sp³-hybridized carbons (Fsp3) is 0.182. The van der Waals surface area contributed by atoms with Gasteiger partial charge in [0, 0.05) is 16.1 Å². The molecule has 92 valence electrons. The van der Waals surface area contributed by atoms with Crippen LogP contribution >= 0.6 is 28.3 Å². The number of aromatic nitrogens is 2. The maximum atomic E-state index is 5.58. The maximum absolute atomic E-state index is 5.58. The Bertz CT molecular complexity index is 501. The SMILES string of the molecule is CCOc1ccc(Br)cc1-c1cc(N)n[nH]1.Cl. The summed E-state index contributed by atoms with van der Waals surface area (Å²) in [6.45, 7) is 2.57. The van der Waals surface area contributed by atoms with E-state index < -0.39 is 0 Å². The molecule has 1 heterocycles. The zero-order chi connectivity index (χ0) is 11.5. The van der Waals surface area contributed by atoms with Crippen molar-refractivity contribution in [3.8, 4) is 17.0 Å². The van der Waals surface area contributed by atoms with Gasteiger partial charge in [-0.15, -0.1) is 12.4 Å². The summed E-state index contributed by atoms with van der Waals surface area (Å²) in [5.41, 5.74) is 7.38. The Labute approximate surface area is 114 Å². The number of nitrogens with two attached hydrogens (primary N) is 1. The van der Waals surface area contributed by atoms with Gasteiger partial charge >= 0.3 is 0 Å². The summed E-state index contributed by atoms with van der Waals surface area (Å²) in [4.78, 5) is 0. The number of H-pyrrole nitrogens is 1. The van der Waals surface area contributed by atoms with Crippen molar-refractivity contribution in [3.63, 3.8) is 0 Å². The summed E-state index contributed by atoms with van der Waals surface area (Å²) in [5, 5.41) is 6.78. The molecule has 4 nitrogen and oxygen atoms in total. The molecule has 0 unspecified atom stereocenters. The Kier molecular flexibility index (Phi) is 4.84. The van der Waals surface area contributed by atoms with Crippen molar-refractivity contribution in [1.82, 2.24) is 10.2 Å². The van der Waals surface area contributed by atoms with Crippen molar-refractivity contribution in [2.75, 3.05) is 12.3 Å². The first-order chi connectivity index (χ1) is 7.70. The Morgan fingerprint density at radius 3 is 2.76 bits per heavy atom. The number of aromatic amines is 1. The largest absolute Gasteiger partial charge is 0.493 e. The maximum Gasteiger partial charge on any atom is 0.145 e. The molecule has 3 N–H and O–H groups in total. The van der Waals surface area contributed by atoms with Crippen LogP contribution in [0.25, 0.3) is 11.3 Å². The van der Waals surface area contributed by atoms with Gasteiger partial charge in [0.2, 0.25) is 0 Å². The van der Waals surface area contributed by atoms with Crippen LogP contribution in [0, 0.1) is 0 Å². The molecule has 0 aliphatic rings. The van der Waals surface area contributed by atoms with Gasteiger partial charge in [-0.05, 0) is 25.1 Å². The Morgan fingerprint density at radius 2 is 2.18 bits per heavy atom. The Balaban J connectivity index is 0.00000144. The lowest BCUT2D eigenvalue weighted by Gasteiger charge is -2.08. The molecule has 0 fully saturated rings. The molecule has 1 aromatic carbocycles. The molecule has 0 bridgehead atoms. The number of ether oxygens (including phenoxy) is 1. The summed E-state index contributed by atoms with van der Waals surface area (Å²) >= 11 is 3.43. The fourth-order valence-corrected chi connectivity index (χ4v) is 1.83. The fourth-order valence-electron chi connectivity index (χ4n) is 1.47. The highest BCUT2D eigenvalue weighted by molar-refractivity contribution is 9.10. The normalized spacial score (nSPS) is 9.76. The lowest BCUT2D eigenvalue weighted by atomic mass is 10.1. The van der Waals surface area contributed by atoms with Crippen LogP contribution in [0.4, 0.5) is 5.82 Å². The van der Waals surface area contributed by atoms with Crippen molar-refractivity contribution in [2.45, 2.75) is 6.92 Å². The summed E-state index contributed by atoms with van der Waals surface area (Å²) in [5.74, 6) is 1.28. The average Bonchev–Trinajstić information content (AvgIpc) is 2.68. The molecule has 0 atom stereocenters. The minimum atomic E-state index is 0. The lowest BCUT2D eigenvalue weighted by Crippen LogP contribution is -1.94. The number of nitrogens with one attached hydrogen (secondary N) is 1. The molecule has 2 aromatic rings. The Hall–Kier alpha value is -1.20. The van der Waals surface area contributed by atoms with Crippen LogP contribution < -0.4 is 10.5 Å². The van der Waals surface area contributed by atoms with Gasteiger partial charge in [0.1, 0.15) is 11.6 Å². The summed E-state index contributed by atoms with van der Waals surface area (Å²) < 4.78 is 6.53. The molecule has 2 rings (SSSR count). The van der Waals surface area contributed by atoms with E-state index in [1.54, 1.807) is 6.07 Å². The van der Waals surface area contributed by atoms with E-state index >= 15 is 0 Å². The minimum absolute atomic E-state index is 0. The van der Waals surface area contributed by atoms with E-state index in [-0.39, 0.29) is 12.4 Å². The van der Waals surface area contributed by atoms with Gasteiger partial charge in [-0.25, -0.2) is 0 Å². The number of nitrogens with zero attached hydrogens (tertiary/aromatic N) is 1. The first-order valence-corrected chi connectivity index (χ1v) is 5.73. The molecule has 6 heteroatoms. The predicted molar refractivity (Wildman–Crippen MR) is 74.6 cm³/mol. The van der Waals surface area contributed by atoms with Crippen LogP contribution in [-0.2, 0) is 0 Å². The average molecular weight is 319 g/mol. The van der Waals surface area contributed by atoms with Gasteiger partial charge in [0.05, 0.1) is 12.3 Å². The van der Waals surface area contributed by atoms with Crippen molar-refractivity contribution in [3.05, 3.63) is 28.7 Å². The second-order valence-electron chi connectivity index (χ2n) is 3.28. The van der Waals surface area contributed by atoms with Crippen molar-refractivity contribution >= 4 is 34.2 Å². The molecule has 17 heavy (non-hydrogen) atoms. The number of hydrogen-bond donors (Lipinski definition) is 2. The molecular formula is C11H13BrClN3O. The number of benzene rings is 1. The monoisotopic (exact) mass is 317 g/mol. The first-order valence-electron chi connectivity index (χ1n) is 4.94. The number of nitrogen functional groups attached to an aromatic ring is 1. The van der Waals surface area contributed by atoms with Gasteiger partial charge in [-0.2, -0.15) is 5.10 Å². The quantitative estimate of drug-likeness (QED) is 0.913. The highest BCUT2D eigenvalue weighted by atomic mass is 79.9. The summed E-state index contributed by atoms with van der Waals surface area (Å²) in [6, 6.07) is 7.61. The highest BCUT2D eigenvalue weighted by Crippen LogP contribution is 2.32. The van der Waals surface area contributed by atoms with Gasteiger partial charge in [0.15, 0.2) is 0 Å². The number of hydrogen-bond acceptors (Lipinski definition) is 3. The first kappa shape index (κ1) is 13.9. The van der Waals surface area contributed by atoms with Crippen LogP contribution in [0.1, 0.15) is 6.92 Å². The van der Waals surface area contributed by atoms with E-state index in [0.29, 0.717) is 12.4 Å². The number of rotatable bonds is 3. The molecular weight excluding hydrogens is 305 g/mol. The third-order valence-electron chi connectivity index (χ3n) is 2.13. The smallest absolute Gasteiger partial charge is 0.145 e.